The number of halogens is 1. The first-order valence-electron chi connectivity index (χ1n) is 7.55. The molecule has 0 atom stereocenters. The number of hydrogen-bond acceptors (Lipinski definition) is 2. The molecule has 3 heteroatoms. The summed E-state index contributed by atoms with van der Waals surface area (Å²) in [7, 11) is 0. The van der Waals surface area contributed by atoms with Gasteiger partial charge >= 0.3 is 0 Å². The Balaban J connectivity index is 2.57. The lowest BCUT2D eigenvalue weighted by Crippen LogP contribution is -1.95. The van der Waals surface area contributed by atoms with Crippen molar-refractivity contribution in [3.05, 3.63) is 21.7 Å². The van der Waals surface area contributed by atoms with E-state index in [-0.39, 0.29) is 11.5 Å². The Bertz CT molecular complexity index is 424. The fourth-order valence-electron chi connectivity index (χ4n) is 2.44. The second-order valence-electron chi connectivity index (χ2n) is 6.09. The minimum Gasteiger partial charge on any atom is -0.507 e. The van der Waals surface area contributed by atoms with Gasteiger partial charge in [-0.15, -0.1) is 0 Å². The van der Waals surface area contributed by atoms with E-state index >= 15 is 0 Å². The summed E-state index contributed by atoms with van der Waals surface area (Å²) >= 11 is 6.10. The van der Waals surface area contributed by atoms with Crippen LogP contribution < -0.4 is 0 Å². The molecule has 2 N–H and O–H groups in total. The lowest BCUT2D eigenvalue weighted by Gasteiger charge is -2.14. The standard InChI is InChI=1S/C17H27ClO2/c1-11(2)9-7-5-6-8-10-14-16(19)13(4)12(3)15(18)17(14)20/h11,19-20H,5-10H2,1-4H3. The van der Waals surface area contributed by atoms with Crippen LogP contribution in [-0.4, -0.2) is 10.2 Å². The van der Waals surface area contributed by atoms with Crippen molar-refractivity contribution in [2.45, 2.75) is 66.2 Å². The highest BCUT2D eigenvalue weighted by molar-refractivity contribution is 6.33. The molecule has 0 radical (unpaired) electrons. The maximum absolute atomic E-state index is 10.1. The molecule has 114 valence electrons. The van der Waals surface area contributed by atoms with Gasteiger partial charge in [0.25, 0.3) is 0 Å². The van der Waals surface area contributed by atoms with Crippen LogP contribution in [0.25, 0.3) is 0 Å². The lowest BCUT2D eigenvalue weighted by atomic mass is 9.97. The Morgan fingerprint density at radius 1 is 0.900 bits per heavy atom. The zero-order chi connectivity index (χ0) is 15.3. The van der Waals surface area contributed by atoms with Gasteiger partial charge in [0.2, 0.25) is 0 Å². The van der Waals surface area contributed by atoms with Crippen molar-refractivity contribution in [3.63, 3.8) is 0 Å². The van der Waals surface area contributed by atoms with Crippen molar-refractivity contribution in [2.24, 2.45) is 5.92 Å². The van der Waals surface area contributed by atoms with Gasteiger partial charge in [0.1, 0.15) is 11.5 Å². The van der Waals surface area contributed by atoms with Gasteiger partial charge < -0.3 is 10.2 Å². The fraction of sp³-hybridized carbons (Fsp3) is 0.647. The molecule has 0 aliphatic carbocycles. The molecule has 0 saturated heterocycles. The van der Waals surface area contributed by atoms with Crippen molar-refractivity contribution in [1.29, 1.82) is 0 Å². The van der Waals surface area contributed by atoms with Crippen molar-refractivity contribution in [3.8, 4) is 11.5 Å². The highest BCUT2D eigenvalue weighted by atomic mass is 35.5. The summed E-state index contributed by atoms with van der Waals surface area (Å²) in [5.41, 5.74) is 2.12. The Labute approximate surface area is 127 Å². The van der Waals surface area contributed by atoms with Gasteiger partial charge in [-0.3, -0.25) is 0 Å². The van der Waals surface area contributed by atoms with E-state index < -0.39 is 0 Å². The maximum Gasteiger partial charge on any atom is 0.141 e. The Morgan fingerprint density at radius 3 is 2.10 bits per heavy atom. The molecule has 1 rings (SSSR count). The van der Waals surface area contributed by atoms with Crippen molar-refractivity contribution >= 4 is 11.6 Å². The molecule has 0 fully saturated rings. The smallest absolute Gasteiger partial charge is 0.141 e. The van der Waals surface area contributed by atoms with Gasteiger partial charge in [-0.1, -0.05) is 51.1 Å². The molecular formula is C17H27ClO2. The molecule has 0 heterocycles. The summed E-state index contributed by atoms with van der Waals surface area (Å²) < 4.78 is 0. The predicted octanol–water partition coefficient (Wildman–Crippen LogP) is 5.52. The topological polar surface area (TPSA) is 40.5 Å². The van der Waals surface area contributed by atoms with E-state index in [1.807, 2.05) is 13.8 Å². The van der Waals surface area contributed by atoms with Crippen molar-refractivity contribution < 1.29 is 10.2 Å². The number of rotatable bonds is 7. The normalized spacial score (nSPS) is 11.3. The zero-order valence-electron chi connectivity index (χ0n) is 13.1. The van der Waals surface area contributed by atoms with Crippen LogP contribution in [0.15, 0.2) is 0 Å². The SMILES string of the molecule is Cc1c(C)c(Cl)c(O)c(CCCCCCC(C)C)c1O. The summed E-state index contributed by atoms with van der Waals surface area (Å²) in [5.74, 6) is 1.02. The van der Waals surface area contributed by atoms with E-state index in [4.69, 9.17) is 11.6 Å². The minimum absolute atomic E-state index is 0.0504. The Morgan fingerprint density at radius 2 is 1.50 bits per heavy atom. The van der Waals surface area contributed by atoms with E-state index in [0.717, 1.165) is 29.9 Å². The van der Waals surface area contributed by atoms with Crippen LogP contribution in [0.1, 0.15) is 62.6 Å². The molecule has 0 spiro atoms. The van der Waals surface area contributed by atoms with Gasteiger partial charge in [-0.05, 0) is 43.7 Å². The second-order valence-corrected chi connectivity index (χ2v) is 6.46. The van der Waals surface area contributed by atoms with Gasteiger partial charge in [0.15, 0.2) is 0 Å². The number of aromatic hydroxyl groups is 2. The third-order valence-electron chi connectivity index (χ3n) is 3.98. The van der Waals surface area contributed by atoms with Crippen LogP contribution in [0.3, 0.4) is 0 Å². The first kappa shape index (κ1) is 17.2. The molecule has 1 aromatic rings. The molecule has 0 unspecified atom stereocenters. The van der Waals surface area contributed by atoms with E-state index in [1.54, 1.807) is 0 Å². The van der Waals surface area contributed by atoms with Crippen LogP contribution in [0, 0.1) is 19.8 Å². The van der Waals surface area contributed by atoms with Crippen LogP contribution in [0.2, 0.25) is 5.02 Å². The summed E-state index contributed by atoms with van der Waals surface area (Å²) in [6, 6.07) is 0. The quantitative estimate of drug-likeness (QED) is 0.651. The summed E-state index contributed by atoms with van der Waals surface area (Å²) in [6.45, 7) is 8.13. The molecule has 0 aromatic heterocycles. The highest BCUT2D eigenvalue weighted by Crippen LogP contribution is 2.40. The first-order chi connectivity index (χ1) is 9.36. The molecule has 0 saturated carbocycles. The van der Waals surface area contributed by atoms with Crippen molar-refractivity contribution in [1.82, 2.24) is 0 Å². The minimum atomic E-state index is 0.0504. The summed E-state index contributed by atoms with van der Waals surface area (Å²) in [6.07, 6.45) is 6.50. The summed E-state index contributed by atoms with van der Waals surface area (Å²) in [5, 5.41) is 20.6. The largest absolute Gasteiger partial charge is 0.507 e. The van der Waals surface area contributed by atoms with E-state index in [9.17, 15) is 10.2 Å². The Kier molecular flexibility index (Phi) is 6.67. The van der Waals surface area contributed by atoms with E-state index in [0.29, 0.717) is 17.0 Å². The second kappa shape index (κ2) is 7.78. The lowest BCUT2D eigenvalue weighted by molar-refractivity contribution is 0.431. The van der Waals surface area contributed by atoms with Crippen LogP contribution >= 0.6 is 11.6 Å². The molecule has 0 aliphatic rings. The zero-order valence-corrected chi connectivity index (χ0v) is 13.8. The van der Waals surface area contributed by atoms with Gasteiger partial charge in [0, 0.05) is 5.56 Å². The number of benzene rings is 1. The number of unbranched alkanes of at least 4 members (excludes halogenated alkanes) is 3. The summed E-state index contributed by atoms with van der Waals surface area (Å²) in [4.78, 5) is 0. The van der Waals surface area contributed by atoms with Crippen molar-refractivity contribution in [2.75, 3.05) is 0 Å². The van der Waals surface area contributed by atoms with Crippen LogP contribution in [0.5, 0.6) is 11.5 Å². The third kappa shape index (κ3) is 4.31. The number of phenols is 2. The average molecular weight is 299 g/mol. The fourth-order valence-corrected chi connectivity index (χ4v) is 2.69. The van der Waals surface area contributed by atoms with Gasteiger partial charge in [0.05, 0.1) is 5.02 Å². The average Bonchev–Trinajstić information content (AvgIpc) is 2.41. The van der Waals surface area contributed by atoms with Gasteiger partial charge in [-0.2, -0.15) is 0 Å². The Hall–Kier alpha value is -0.890. The van der Waals surface area contributed by atoms with Gasteiger partial charge in [-0.25, -0.2) is 0 Å². The monoisotopic (exact) mass is 298 g/mol. The van der Waals surface area contributed by atoms with Crippen LogP contribution in [-0.2, 0) is 6.42 Å². The molecule has 20 heavy (non-hydrogen) atoms. The number of hydrogen-bond donors (Lipinski definition) is 2. The highest BCUT2D eigenvalue weighted by Gasteiger charge is 2.17. The number of phenolic OH excluding ortho intramolecular Hbond substituents is 2. The first-order valence-corrected chi connectivity index (χ1v) is 7.93. The van der Waals surface area contributed by atoms with E-state index in [2.05, 4.69) is 13.8 Å². The maximum atomic E-state index is 10.1. The van der Waals surface area contributed by atoms with Crippen LogP contribution in [0.4, 0.5) is 0 Å². The molecule has 0 aliphatic heterocycles. The molecular weight excluding hydrogens is 272 g/mol. The van der Waals surface area contributed by atoms with E-state index in [1.165, 1.54) is 19.3 Å². The molecule has 0 amide bonds. The molecule has 2 nitrogen and oxygen atoms in total. The predicted molar refractivity (Wildman–Crippen MR) is 85.9 cm³/mol. The third-order valence-corrected chi connectivity index (χ3v) is 4.45. The molecule has 1 aromatic carbocycles. The molecule has 0 bridgehead atoms.